The van der Waals surface area contributed by atoms with E-state index in [9.17, 15) is 13.2 Å². The fourth-order valence-electron chi connectivity index (χ4n) is 2.70. The van der Waals surface area contributed by atoms with Gasteiger partial charge in [-0.1, -0.05) is 0 Å². The van der Waals surface area contributed by atoms with E-state index in [4.69, 9.17) is 5.14 Å². The summed E-state index contributed by atoms with van der Waals surface area (Å²) in [7, 11) is -3.77. The highest BCUT2D eigenvalue weighted by atomic mass is 32.2. The van der Waals surface area contributed by atoms with Crippen LogP contribution in [0.25, 0.3) is 0 Å². The van der Waals surface area contributed by atoms with Gasteiger partial charge in [0.2, 0.25) is 10.0 Å². The molecule has 0 unspecified atom stereocenters. The quantitative estimate of drug-likeness (QED) is 0.871. The average molecular weight is 365 g/mol. The summed E-state index contributed by atoms with van der Waals surface area (Å²) in [5.74, 6) is -0.355. The smallest absolute Gasteiger partial charge is 0.256 e. The van der Waals surface area contributed by atoms with Crippen molar-refractivity contribution in [3.05, 3.63) is 41.3 Å². The van der Waals surface area contributed by atoms with Crippen molar-refractivity contribution in [2.45, 2.75) is 23.5 Å². The number of anilines is 2. The van der Waals surface area contributed by atoms with Crippen LogP contribution in [0.2, 0.25) is 0 Å². The summed E-state index contributed by atoms with van der Waals surface area (Å²) in [6, 6.07) is 8.98. The summed E-state index contributed by atoms with van der Waals surface area (Å²) in [6.45, 7) is 2.13. The van der Waals surface area contributed by atoms with E-state index in [-0.39, 0.29) is 15.7 Å². The minimum absolute atomic E-state index is 0.0203. The molecule has 2 heterocycles. The molecule has 1 amide bonds. The van der Waals surface area contributed by atoms with E-state index in [0.29, 0.717) is 5.69 Å². The number of rotatable bonds is 4. The first-order chi connectivity index (χ1) is 11.4. The van der Waals surface area contributed by atoms with E-state index in [1.807, 2.05) is 24.3 Å². The minimum atomic E-state index is -3.77. The lowest BCUT2D eigenvalue weighted by Gasteiger charge is -2.28. The second-order valence-corrected chi connectivity index (χ2v) is 8.45. The van der Waals surface area contributed by atoms with Crippen molar-refractivity contribution >= 4 is 38.6 Å². The summed E-state index contributed by atoms with van der Waals surface area (Å²) in [4.78, 5) is 14.5. The predicted molar refractivity (Wildman–Crippen MR) is 96.2 cm³/mol. The molecular formula is C16H19N3O3S2. The van der Waals surface area contributed by atoms with Gasteiger partial charge in [0.05, 0.1) is 5.56 Å². The fourth-order valence-corrected chi connectivity index (χ4v) is 4.28. The molecule has 1 aromatic heterocycles. The molecule has 0 atom stereocenters. The fraction of sp³-hybridized carbons (Fsp3) is 0.312. The summed E-state index contributed by atoms with van der Waals surface area (Å²) in [5.41, 5.74) is 2.10. The van der Waals surface area contributed by atoms with Gasteiger partial charge in [0, 0.05) is 29.8 Å². The number of nitrogens with one attached hydrogen (secondary N) is 1. The van der Waals surface area contributed by atoms with Gasteiger partial charge >= 0.3 is 0 Å². The largest absolute Gasteiger partial charge is 0.372 e. The highest BCUT2D eigenvalue weighted by Crippen LogP contribution is 2.23. The molecule has 1 saturated heterocycles. The first-order valence-corrected chi connectivity index (χ1v) is 10.1. The molecule has 1 aliphatic rings. The monoisotopic (exact) mass is 365 g/mol. The van der Waals surface area contributed by atoms with Crippen LogP contribution in [0.4, 0.5) is 11.4 Å². The minimum Gasteiger partial charge on any atom is -0.372 e. The van der Waals surface area contributed by atoms with Gasteiger partial charge in [0.25, 0.3) is 5.91 Å². The van der Waals surface area contributed by atoms with Crippen molar-refractivity contribution < 1.29 is 13.2 Å². The predicted octanol–water partition coefficient (Wildman–Crippen LogP) is 2.64. The first kappa shape index (κ1) is 16.9. The number of piperidine rings is 1. The zero-order valence-corrected chi connectivity index (χ0v) is 14.7. The number of carbonyl (C=O) groups excluding carboxylic acids is 1. The van der Waals surface area contributed by atoms with Crippen molar-refractivity contribution in [1.29, 1.82) is 0 Å². The van der Waals surface area contributed by atoms with Crippen LogP contribution in [0, 0.1) is 0 Å². The third kappa shape index (κ3) is 3.95. The second kappa shape index (κ2) is 6.92. The summed E-state index contributed by atoms with van der Waals surface area (Å²) < 4.78 is 22.5. The molecular weight excluding hydrogens is 346 g/mol. The molecule has 3 rings (SSSR count). The molecule has 8 heteroatoms. The summed E-state index contributed by atoms with van der Waals surface area (Å²) in [5, 5.41) is 9.31. The average Bonchev–Trinajstić information content (AvgIpc) is 3.07. The van der Waals surface area contributed by atoms with Crippen LogP contribution in [0.5, 0.6) is 0 Å². The van der Waals surface area contributed by atoms with Gasteiger partial charge in [-0.2, -0.15) is 0 Å². The number of hydrogen-bond donors (Lipinski definition) is 2. The zero-order valence-electron chi connectivity index (χ0n) is 13.1. The van der Waals surface area contributed by atoms with E-state index in [1.165, 1.54) is 30.7 Å². The van der Waals surface area contributed by atoms with E-state index in [2.05, 4.69) is 10.2 Å². The first-order valence-electron chi connectivity index (χ1n) is 7.71. The normalized spacial score (nSPS) is 15.3. The van der Waals surface area contributed by atoms with E-state index in [0.717, 1.165) is 30.1 Å². The molecule has 128 valence electrons. The molecule has 0 spiro atoms. The Morgan fingerprint density at radius 2 is 1.79 bits per heavy atom. The number of amides is 1. The Morgan fingerprint density at radius 3 is 2.38 bits per heavy atom. The topological polar surface area (TPSA) is 92.5 Å². The lowest BCUT2D eigenvalue weighted by molar-refractivity contribution is 0.102. The van der Waals surface area contributed by atoms with Gasteiger partial charge in [-0.3, -0.25) is 4.79 Å². The van der Waals surface area contributed by atoms with Crippen molar-refractivity contribution in [2.24, 2.45) is 5.14 Å². The maximum absolute atomic E-state index is 12.2. The van der Waals surface area contributed by atoms with E-state index in [1.54, 1.807) is 0 Å². The van der Waals surface area contributed by atoms with Crippen LogP contribution in [-0.4, -0.2) is 27.4 Å². The lowest BCUT2D eigenvalue weighted by Crippen LogP contribution is -2.29. The molecule has 0 aliphatic carbocycles. The molecule has 0 saturated carbocycles. The third-order valence-corrected chi connectivity index (χ3v) is 6.35. The van der Waals surface area contributed by atoms with Gasteiger partial charge in [-0.25, -0.2) is 13.6 Å². The highest BCUT2D eigenvalue weighted by Gasteiger charge is 2.16. The maximum Gasteiger partial charge on any atom is 0.256 e. The Bertz CT molecular complexity index is 823. The number of benzene rings is 1. The Labute approximate surface area is 145 Å². The SMILES string of the molecule is NS(=O)(=O)c1cc(C(=O)Nc2ccc(N3CCCCC3)cc2)cs1. The standard InChI is InChI=1S/C16H19N3O3S2/c17-24(21,22)15-10-12(11-23-15)16(20)18-13-4-6-14(7-5-13)19-8-2-1-3-9-19/h4-7,10-11H,1-3,8-9H2,(H,18,20)(H2,17,21,22). The highest BCUT2D eigenvalue weighted by molar-refractivity contribution is 7.91. The van der Waals surface area contributed by atoms with Gasteiger partial charge in [-0.05, 0) is 49.6 Å². The van der Waals surface area contributed by atoms with E-state index < -0.39 is 10.0 Å². The molecule has 2 aromatic rings. The molecule has 3 N–H and O–H groups in total. The number of sulfonamides is 1. The Morgan fingerprint density at radius 1 is 1.12 bits per heavy atom. The van der Waals surface area contributed by atoms with E-state index >= 15 is 0 Å². The van der Waals surface area contributed by atoms with Crippen molar-refractivity contribution in [1.82, 2.24) is 0 Å². The van der Waals surface area contributed by atoms with Crippen LogP contribution >= 0.6 is 11.3 Å². The van der Waals surface area contributed by atoms with Gasteiger partial charge < -0.3 is 10.2 Å². The van der Waals surface area contributed by atoms with Crippen LogP contribution in [0.3, 0.4) is 0 Å². The zero-order chi connectivity index (χ0) is 17.2. The number of nitrogens with zero attached hydrogens (tertiary/aromatic N) is 1. The van der Waals surface area contributed by atoms with Crippen molar-refractivity contribution in [2.75, 3.05) is 23.3 Å². The van der Waals surface area contributed by atoms with Crippen LogP contribution < -0.4 is 15.4 Å². The number of hydrogen-bond acceptors (Lipinski definition) is 5. The third-order valence-electron chi connectivity index (χ3n) is 3.96. The molecule has 0 radical (unpaired) electrons. The Balaban J connectivity index is 1.67. The van der Waals surface area contributed by atoms with Crippen molar-refractivity contribution in [3.8, 4) is 0 Å². The van der Waals surface area contributed by atoms with Crippen LogP contribution in [0.15, 0.2) is 39.9 Å². The lowest BCUT2D eigenvalue weighted by atomic mass is 10.1. The summed E-state index contributed by atoms with van der Waals surface area (Å²) >= 11 is 0.936. The van der Waals surface area contributed by atoms with Crippen LogP contribution in [-0.2, 0) is 10.0 Å². The van der Waals surface area contributed by atoms with Gasteiger partial charge in [0.15, 0.2) is 0 Å². The maximum atomic E-state index is 12.2. The molecule has 1 fully saturated rings. The van der Waals surface area contributed by atoms with Crippen LogP contribution in [0.1, 0.15) is 29.6 Å². The molecule has 6 nitrogen and oxygen atoms in total. The second-order valence-electron chi connectivity index (χ2n) is 5.75. The Hall–Kier alpha value is -1.90. The molecule has 1 aliphatic heterocycles. The molecule has 1 aromatic carbocycles. The summed E-state index contributed by atoms with van der Waals surface area (Å²) in [6.07, 6.45) is 3.71. The van der Waals surface area contributed by atoms with Gasteiger partial charge in [-0.15, -0.1) is 11.3 Å². The molecule has 0 bridgehead atoms. The van der Waals surface area contributed by atoms with Gasteiger partial charge in [0.1, 0.15) is 4.21 Å². The number of primary sulfonamides is 1. The number of carbonyl (C=O) groups is 1. The number of thiophene rings is 1. The van der Waals surface area contributed by atoms with Crippen molar-refractivity contribution in [3.63, 3.8) is 0 Å². The number of nitrogens with two attached hydrogens (primary N) is 1. The molecule has 24 heavy (non-hydrogen) atoms. The Kier molecular flexibility index (Phi) is 4.88.